The van der Waals surface area contributed by atoms with Crippen molar-refractivity contribution in [2.75, 3.05) is 47.5 Å². The van der Waals surface area contributed by atoms with Crippen LogP contribution in [0.25, 0.3) is 11.0 Å². The van der Waals surface area contributed by atoms with E-state index in [9.17, 15) is 19.5 Å². The SMILES string of the molecule is COCCCCn1c(C(=O)N(CC(C)C)[C@H]2C[C@@H](C(=O)N(C)OC)CN(C(=O)O)C2)nc2ccccc21. The van der Waals surface area contributed by atoms with Crippen LogP contribution in [0.4, 0.5) is 4.79 Å². The summed E-state index contributed by atoms with van der Waals surface area (Å²) < 4.78 is 7.12. The van der Waals surface area contributed by atoms with Gasteiger partial charge in [0.2, 0.25) is 0 Å². The third kappa shape index (κ3) is 6.78. The third-order valence-electron chi connectivity index (χ3n) is 6.72. The normalized spacial score (nSPS) is 17.8. The van der Waals surface area contributed by atoms with E-state index in [0.717, 1.165) is 28.9 Å². The van der Waals surface area contributed by atoms with Crippen LogP contribution in [0, 0.1) is 11.8 Å². The minimum absolute atomic E-state index is 0.0556. The number of ether oxygens (including phenoxy) is 1. The number of likely N-dealkylation sites (tertiary alicyclic amines) is 1. The summed E-state index contributed by atoms with van der Waals surface area (Å²) in [6.45, 7) is 5.84. The average Bonchev–Trinajstić information content (AvgIpc) is 3.26. The second-order valence-electron chi connectivity index (χ2n) is 9.92. The first-order valence-corrected chi connectivity index (χ1v) is 12.7. The monoisotopic (exact) mass is 517 g/mol. The molecule has 37 heavy (non-hydrogen) atoms. The molecule has 11 heteroatoms. The lowest BCUT2D eigenvalue weighted by Gasteiger charge is -2.42. The highest BCUT2D eigenvalue weighted by molar-refractivity contribution is 5.95. The van der Waals surface area contributed by atoms with Gasteiger partial charge in [0, 0.05) is 46.9 Å². The van der Waals surface area contributed by atoms with Crippen molar-refractivity contribution in [3.8, 4) is 0 Å². The van der Waals surface area contributed by atoms with Crippen molar-refractivity contribution in [2.45, 2.75) is 45.7 Å². The number of aromatic nitrogens is 2. The molecule has 1 N–H and O–H groups in total. The number of piperidine rings is 1. The van der Waals surface area contributed by atoms with Crippen molar-refractivity contribution in [1.82, 2.24) is 24.4 Å². The zero-order valence-electron chi connectivity index (χ0n) is 22.4. The molecule has 0 aliphatic carbocycles. The van der Waals surface area contributed by atoms with E-state index in [-0.39, 0.29) is 30.8 Å². The Kier molecular flexibility index (Phi) is 9.87. The van der Waals surface area contributed by atoms with Gasteiger partial charge in [-0.05, 0) is 37.3 Å². The zero-order valence-corrected chi connectivity index (χ0v) is 22.4. The second-order valence-corrected chi connectivity index (χ2v) is 9.92. The molecular weight excluding hydrogens is 478 g/mol. The highest BCUT2D eigenvalue weighted by Crippen LogP contribution is 2.26. The van der Waals surface area contributed by atoms with Crippen LogP contribution in [0.1, 0.15) is 43.7 Å². The fourth-order valence-electron chi connectivity index (χ4n) is 4.88. The van der Waals surface area contributed by atoms with Gasteiger partial charge in [-0.1, -0.05) is 26.0 Å². The summed E-state index contributed by atoms with van der Waals surface area (Å²) in [4.78, 5) is 51.7. The van der Waals surface area contributed by atoms with Crippen LogP contribution < -0.4 is 0 Å². The van der Waals surface area contributed by atoms with Crippen molar-refractivity contribution in [3.63, 3.8) is 0 Å². The standard InChI is InChI=1S/C26H39N5O6/c1-18(2)15-31(20-14-19(24(32)28(3)37-5)16-29(17-20)26(34)35)25(33)23-27-21-10-6-7-11-22(21)30(23)12-8-9-13-36-4/h6-7,10-11,18-20H,8-9,12-17H2,1-5H3,(H,34,35)/t19-,20+/m1/s1. The van der Waals surface area contributed by atoms with Crippen molar-refractivity contribution in [3.05, 3.63) is 30.1 Å². The quantitative estimate of drug-likeness (QED) is 0.360. The maximum absolute atomic E-state index is 14.1. The Hall–Kier alpha value is -3.18. The number of rotatable bonds is 11. The van der Waals surface area contributed by atoms with Crippen LogP contribution in [-0.2, 0) is 20.9 Å². The molecule has 1 aliphatic heterocycles. The lowest BCUT2D eigenvalue weighted by Crippen LogP contribution is -2.57. The number of carbonyl (C=O) groups excluding carboxylic acids is 2. The Labute approximate surface area is 217 Å². The number of methoxy groups -OCH3 is 1. The topological polar surface area (TPSA) is 117 Å². The summed E-state index contributed by atoms with van der Waals surface area (Å²) in [6.07, 6.45) is 0.877. The van der Waals surface area contributed by atoms with Crippen LogP contribution in [0.5, 0.6) is 0 Å². The summed E-state index contributed by atoms with van der Waals surface area (Å²) in [7, 11) is 4.55. The summed E-state index contributed by atoms with van der Waals surface area (Å²) in [5, 5.41) is 10.9. The minimum atomic E-state index is -1.12. The van der Waals surface area contributed by atoms with Crippen molar-refractivity contribution in [2.24, 2.45) is 11.8 Å². The number of nitrogens with zero attached hydrogens (tertiary/aromatic N) is 5. The van der Waals surface area contributed by atoms with E-state index < -0.39 is 18.1 Å². The van der Waals surface area contributed by atoms with Gasteiger partial charge in [-0.3, -0.25) is 14.4 Å². The van der Waals surface area contributed by atoms with Gasteiger partial charge in [0.05, 0.1) is 30.1 Å². The highest BCUT2D eigenvalue weighted by Gasteiger charge is 2.40. The molecule has 1 fully saturated rings. The van der Waals surface area contributed by atoms with E-state index in [1.54, 1.807) is 12.0 Å². The van der Waals surface area contributed by atoms with Gasteiger partial charge in [-0.15, -0.1) is 0 Å². The predicted molar refractivity (Wildman–Crippen MR) is 138 cm³/mol. The van der Waals surface area contributed by atoms with Gasteiger partial charge in [0.1, 0.15) is 0 Å². The fraction of sp³-hybridized carbons (Fsp3) is 0.615. The number of hydroxylamine groups is 2. The molecule has 1 saturated heterocycles. The number of aryl methyl sites for hydroxylation is 1. The van der Waals surface area contributed by atoms with E-state index in [2.05, 4.69) is 0 Å². The molecule has 1 aliphatic rings. The van der Waals surface area contributed by atoms with Crippen LogP contribution >= 0.6 is 0 Å². The van der Waals surface area contributed by atoms with E-state index in [0.29, 0.717) is 31.9 Å². The summed E-state index contributed by atoms with van der Waals surface area (Å²) in [5.41, 5.74) is 1.60. The number of para-hydroxylation sites is 2. The second kappa shape index (κ2) is 12.9. The molecular formula is C26H39N5O6. The molecule has 0 unspecified atom stereocenters. The Bertz CT molecular complexity index is 1090. The number of carboxylic acid groups (broad SMARTS) is 1. The molecule has 1 aromatic heterocycles. The molecule has 2 aromatic rings. The van der Waals surface area contributed by atoms with Crippen molar-refractivity contribution >= 4 is 28.9 Å². The number of unbranched alkanes of at least 4 members (excludes halogenated alkanes) is 1. The van der Waals surface area contributed by atoms with Gasteiger partial charge in [-0.25, -0.2) is 14.8 Å². The Morgan fingerprint density at radius 3 is 2.54 bits per heavy atom. The number of fused-ring (bicyclic) bond motifs is 1. The van der Waals surface area contributed by atoms with Crippen LogP contribution in [-0.4, -0.2) is 101 Å². The number of benzene rings is 1. The number of amides is 3. The largest absolute Gasteiger partial charge is 0.465 e. The first-order valence-electron chi connectivity index (χ1n) is 12.7. The van der Waals surface area contributed by atoms with Crippen LogP contribution in [0.3, 0.4) is 0 Å². The Balaban J connectivity index is 1.98. The van der Waals surface area contributed by atoms with Crippen molar-refractivity contribution in [1.29, 1.82) is 0 Å². The number of hydrogen-bond donors (Lipinski definition) is 1. The van der Waals surface area contributed by atoms with Crippen molar-refractivity contribution < 1.29 is 29.1 Å². The lowest BCUT2D eigenvalue weighted by atomic mass is 9.91. The summed E-state index contributed by atoms with van der Waals surface area (Å²) in [5.74, 6) is -0.765. The van der Waals surface area contributed by atoms with Crippen LogP contribution in [0.15, 0.2) is 24.3 Å². The van der Waals surface area contributed by atoms with Gasteiger partial charge >= 0.3 is 6.09 Å². The van der Waals surface area contributed by atoms with Crippen LogP contribution in [0.2, 0.25) is 0 Å². The first kappa shape index (κ1) is 28.4. The summed E-state index contributed by atoms with van der Waals surface area (Å²) >= 11 is 0. The molecule has 3 rings (SSSR count). The maximum atomic E-state index is 14.1. The van der Waals surface area contributed by atoms with E-state index in [1.165, 1.54) is 19.1 Å². The maximum Gasteiger partial charge on any atom is 0.407 e. The number of imidazole rings is 1. The molecule has 1 aromatic carbocycles. The molecule has 0 bridgehead atoms. The Morgan fingerprint density at radius 1 is 1.16 bits per heavy atom. The molecule has 0 spiro atoms. The lowest BCUT2D eigenvalue weighted by molar-refractivity contribution is -0.175. The summed E-state index contributed by atoms with van der Waals surface area (Å²) in [6, 6.07) is 7.15. The molecule has 11 nitrogen and oxygen atoms in total. The first-order chi connectivity index (χ1) is 17.7. The minimum Gasteiger partial charge on any atom is -0.465 e. The third-order valence-corrected chi connectivity index (χ3v) is 6.72. The van der Waals surface area contributed by atoms with Gasteiger partial charge in [-0.2, -0.15) is 0 Å². The average molecular weight is 518 g/mol. The molecule has 3 amide bonds. The van der Waals surface area contributed by atoms with E-state index >= 15 is 0 Å². The van der Waals surface area contributed by atoms with Gasteiger partial charge in [0.15, 0.2) is 5.82 Å². The number of hydrogen-bond acceptors (Lipinski definition) is 6. The Morgan fingerprint density at radius 2 is 1.89 bits per heavy atom. The predicted octanol–water partition coefficient (Wildman–Crippen LogP) is 2.95. The van der Waals surface area contributed by atoms with Gasteiger partial charge in [0.25, 0.3) is 11.8 Å². The zero-order chi connectivity index (χ0) is 27.1. The number of carbonyl (C=O) groups is 3. The highest BCUT2D eigenvalue weighted by atomic mass is 16.7. The van der Waals surface area contributed by atoms with E-state index in [1.807, 2.05) is 42.7 Å². The smallest absolute Gasteiger partial charge is 0.407 e. The molecule has 0 radical (unpaired) electrons. The molecule has 2 atom stereocenters. The van der Waals surface area contributed by atoms with E-state index in [4.69, 9.17) is 14.6 Å². The molecule has 0 saturated carbocycles. The molecule has 204 valence electrons. The fourth-order valence-corrected chi connectivity index (χ4v) is 4.88. The molecule has 2 heterocycles. The van der Waals surface area contributed by atoms with Gasteiger partial charge < -0.3 is 24.2 Å².